The van der Waals surface area contributed by atoms with Crippen LogP contribution in [0.15, 0.2) is 36.4 Å². The molecule has 0 bridgehead atoms. The van der Waals surface area contributed by atoms with Crippen molar-refractivity contribution in [3.05, 3.63) is 64.2 Å². The van der Waals surface area contributed by atoms with Gasteiger partial charge in [0.1, 0.15) is 17.7 Å². The highest BCUT2D eigenvalue weighted by atomic mass is 35.5. The number of nitrogens with one attached hydrogen (secondary N) is 1. The van der Waals surface area contributed by atoms with Crippen LogP contribution in [0.5, 0.6) is 0 Å². The molecule has 0 aliphatic heterocycles. The summed E-state index contributed by atoms with van der Waals surface area (Å²) < 4.78 is 26.4. The first kappa shape index (κ1) is 13.3. The van der Waals surface area contributed by atoms with E-state index < -0.39 is 11.6 Å². The first-order valence-electron chi connectivity index (χ1n) is 5.47. The lowest BCUT2D eigenvalue weighted by Gasteiger charge is -2.09. The topological polar surface area (TPSA) is 35.8 Å². The molecule has 0 amide bonds. The first-order valence-corrected chi connectivity index (χ1v) is 5.85. The van der Waals surface area contributed by atoms with Crippen molar-refractivity contribution < 1.29 is 8.78 Å². The van der Waals surface area contributed by atoms with E-state index in [0.29, 0.717) is 16.3 Å². The summed E-state index contributed by atoms with van der Waals surface area (Å²) >= 11 is 5.77. The number of hydrogen-bond donors (Lipinski definition) is 1. The molecule has 0 aliphatic carbocycles. The highest BCUT2D eigenvalue weighted by molar-refractivity contribution is 6.30. The molecule has 19 heavy (non-hydrogen) atoms. The van der Waals surface area contributed by atoms with Gasteiger partial charge in [0, 0.05) is 17.1 Å². The molecule has 0 saturated heterocycles. The lowest BCUT2D eigenvalue weighted by atomic mass is 10.1. The van der Waals surface area contributed by atoms with Crippen LogP contribution in [0.4, 0.5) is 14.5 Å². The van der Waals surface area contributed by atoms with E-state index in [4.69, 9.17) is 16.9 Å². The average molecular weight is 279 g/mol. The van der Waals surface area contributed by atoms with Gasteiger partial charge < -0.3 is 5.32 Å². The maximum Gasteiger partial charge on any atom is 0.128 e. The van der Waals surface area contributed by atoms with E-state index in [1.807, 2.05) is 6.07 Å². The monoisotopic (exact) mass is 278 g/mol. The zero-order valence-electron chi connectivity index (χ0n) is 9.75. The number of rotatable bonds is 3. The Balaban J connectivity index is 2.19. The minimum atomic E-state index is -0.505. The molecule has 0 unspecified atom stereocenters. The summed E-state index contributed by atoms with van der Waals surface area (Å²) in [6.07, 6.45) is 0. The fraction of sp³-hybridized carbons (Fsp3) is 0.0714. The largest absolute Gasteiger partial charge is 0.380 e. The Morgan fingerprint density at radius 1 is 1.16 bits per heavy atom. The summed E-state index contributed by atoms with van der Waals surface area (Å²) in [5, 5.41) is 12.3. The van der Waals surface area contributed by atoms with E-state index in [9.17, 15) is 8.78 Å². The van der Waals surface area contributed by atoms with Crippen molar-refractivity contribution in [3.8, 4) is 6.07 Å². The molecule has 0 aliphatic rings. The Hall–Kier alpha value is -2.12. The summed E-state index contributed by atoms with van der Waals surface area (Å²) in [7, 11) is 0. The molecule has 0 saturated carbocycles. The fourth-order valence-corrected chi connectivity index (χ4v) is 1.80. The minimum absolute atomic E-state index is 0.0832. The second kappa shape index (κ2) is 5.68. The van der Waals surface area contributed by atoms with Gasteiger partial charge in [-0.25, -0.2) is 8.78 Å². The van der Waals surface area contributed by atoms with Crippen LogP contribution in [-0.4, -0.2) is 0 Å². The Kier molecular flexibility index (Phi) is 3.98. The molecule has 0 aromatic heterocycles. The van der Waals surface area contributed by atoms with Crippen LogP contribution in [0.2, 0.25) is 5.02 Å². The Labute approximate surface area is 114 Å². The molecule has 96 valence electrons. The maximum absolute atomic E-state index is 13.4. The van der Waals surface area contributed by atoms with Gasteiger partial charge >= 0.3 is 0 Å². The van der Waals surface area contributed by atoms with Gasteiger partial charge in [-0.15, -0.1) is 0 Å². The van der Waals surface area contributed by atoms with Crippen molar-refractivity contribution in [2.24, 2.45) is 0 Å². The number of nitriles is 1. The van der Waals surface area contributed by atoms with Gasteiger partial charge in [0.05, 0.1) is 11.3 Å². The smallest absolute Gasteiger partial charge is 0.128 e. The Morgan fingerprint density at radius 2 is 1.95 bits per heavy atom. The Bertz CT molecular complexity index is 650. The standard InChI is InChI=1S/C14H9ClF2N2/c15-11-1-4-14(9(5-11)7-18)19-8-10-6-12(16)2-3-13(10)17/h1-6,19H,8H2. The second-order valence-corrected chi connectivity index (χ2v) is 4.33. The molecule has 0 spiro atoms. The first-order chi connectivity index (χ1) is 9.10. The van der Waals surface area contributed by atoms with Gasteiger partial charge in [0.25, 0.3) is 0 Å². The third kappa shape index (κ3) is 3.21. The van der Waals surface area contributed by atoms with E-state index >= 15 is 0 Å². The van der Waals surface area contributed by atoms with Gasteiger partial charge in [-0.3, -0.25) is 0 Å². The predicted molar refractivity (Wildman–Crippen MR) is 69.9 cm³/mol. The molecule has 2 nitrogen and oxygen atoms in total. The van der Waals surface area contributed by atoms with Crippen LogP contribution in [-0.2, 0) is 6.54 Å². The molecule has 0 radical (unpaired) electrons. The van der Waals surface area contributed by atoms with Crippen molar-refractivity contribution in [1.29, 1.82) is 5.26 Å². The van der Waals surface area contributed by atoms with E-state index in [1.165, 1.54) is 6.07 Å². The van der Waals surface area contributed by atoms with Crippen molar-refractivity contribution in [2.75, 3.05) is 5.32 Å². The lowest BCUT2D eigenvalue weighted by Crippen LogP contribution is -2.03. The van der Waals surface area contributed by atoms with Crippen LogP contribution in [0, 0.1) is 23.0 Å². The molecular weight excluding hydrogens is 270 g/mol. The molecule has 0 atom stereocenters. The fourth-order valence-electron chi connectivity index (χ4n) is 1.63. The van der Waals surface area contributed by atoms with Crippen LogP contribution in [0.25, 0.3) is 0 Å². The Morgan fingerprint density at radius 3 is 2.68 bits per heavy atom. The van der Waals surface area contributed by atoms with E-state index in [-0.39, 0.29) is 12.1 Å². The lowest BCUT2D eigenvalue weighted by molar-refractivity contribution is 0.587. The number of benzene rings is 2. The minimum Gasteiger partial charge on any atom is -0.380 e. The van der Waals surface area contributed by atoms with Gasteiger partial charge in [-0.2, -0.15) is 5.26 Å². The highest BCUT2D eigenvalue weighted by Crippen LogP contribution is 2.21. The quantitative estimate of drug-likeness (QED) is 0.917. The van der Waals surface area contributed by atoms with Gasteiger partial charge in [0.2, 0.25) is 0 Å². The summed E-state index contributed by atoms with van der Waals surface area (Å²) in [5.74, 6) is -1.00. The van der Waals surface area contributed by atoms with E-state index in [0.717, 1.165) is 18.2 Å². The molecule has 2 rings (SSSR count). The average Bonchev–Trinajstić information content (AvgIpc) is 2.40. The van der Waals surface area contributed by atoms with Gasteiger partial charge in [0.15, 0.2) is 0 Å². The van der Waals surface area contributed by atoms with Crippen LogP contribution in [0.3, 0.4) is 0 Å². The van der Waals surface area contributed by atoms with Crippen molar-refractivity contribution in [3.63, 3.8) is 0 Å². The molecule has 5 heteroatoms. The van der Waals surface area contributed by atoms with E-state index in [1.54, 1.807) is 12.1 Å². The highest BCUT2D eigenvalue weighted by Gasteiger charge is 2.06. The predicted octanol–water partition coefficient (Wildman–Crippen LogP) is 4.10. The van der Waals surface area contributed by atoms with Gasteiger partial charge in [-0.1, -0.05) is 11.6 Å². The van der Waals surface area contributed by atoms with Crippen molar-refractivity contribution >= 4 is 17.3 Å². The van der Waals surface area contributed by atoms with Crippen molar-refractivity contribution in [2.45, 2.75) is 6.54 Å². The summed E-state index contributed by atoms with van der Waals surface area (Å²) in [4.78, 5) is 0. The number of anilines is 1. The van der Waals surface area contributed by atoms with Crippen LogP contribution in [0.1, 0.15) is 11.1 Å². The SMILES string of the molecule is N#Cc1cc(Cl)ccc1NCc1cc(F)ccc1F. The summed E-state index contributed by atoms with van der Waals surface area (Å²) in [5.41, 5.74) is 1.07. The van der Waals surface area contributed by atoms with Crippen molar-refractivity contribution in [1.82, 2.24) is 0 Å². The third-order valence-corrected chi connectivity index (χ3v) is 2.81. The van der Waals surface area contributed by atoms with Crippen LogP contribution >= 0.6 is 11.6 Å². The molecule has 0 fully saturated rings. The third-order valence-electron chi connectivity index (χ3n) is 2.58. The zero-order valence-corrected chi connectivity index (χ0v) is 10.5. The normalized spacial score (nSPS) is 10.0. The molecular formula is C14H9ClF2N2. The summed E-state index contributed by atoms with van der Waals surface area (Å²) in [6, 6.07) is 9.97. The zero-order chi connectivity index (χ0) is 13.8. The number of halogens is 3. The summed E-state index contributed by atoms with van der Waals surface area (Å²) in [6.45, 7) is 0.0832. The van der Waals surface area contributed by atoms with Crippen LogP contribution < -0.4 is 5.32 Å². The number of hydrogen-bond acceptors (Lipinski definition) is 2. The second-order valence-electron chi connectivity index (χ2n) is 3.89. The van der Waals surface area contributed by atoms with E-state index in [2.05, 4.69) is 5.32 Å². The molecule has 2 aromatic rings. The molecule has 2 aromatic carbocycles. The number of nitrogens with zero attached hydrogens (tertiary/aromatic N) is 1. The maximum atomic E-state index is 13.4. The van der Waals surface area contributed by atoms with Gasteiger partial charge in [-0.05, 0) is 36.4 Å². The molecule has 0 heterocycles. The molecule has 1 N–H and O–H groups in total.